The van der Waals surface area contributed by atoms with E-state index in [4.69, 9.17) is 4.74 Å². The summed E-state index contributed by atoms with van der Waals surface area (Å²) in [7, 11) is 0. The molecule has 0 bridgehead atoms. The SMILES string of the molecule is CCNC(=NCCCN1CCCCCC1=O)NCCCOC(C)c1ccccc1. The molecule has 0 saturated carbocycles. The number of ether oxygens (including phenoxy) is 1. The van der Waals surface area contributed by atoms with Gasteiger partial charge in [0.05, 0.1) is 6.10 Å². The molecule has 6 nitrogen and oxygen atoms in total. The Morgan fingerprint density at radius 3 is 2.79 bits per heavy atom. The highest BCUT2D eigenvalue weighted by atomic mass is 16.5. The second kappa shape index (κ2) is 14.0. The number of nitrogens with one attached hydrogen (secondary N) is 2. The maximum absolute atomic E-state index is 12.0. The first-order valence-corrected chi connectivity index (χ1v) is 11.2. The number of carbonyl (C=O) groups excluding carboxylic acids is 1. The van der Waals surface area contributed by atoms with Crippen molar-refractivity contribution in [3.8, 4) is 0 Å². The molecule has 1 atom stereocenters. The van der Waals surface area contributed by atoms with Gasteiger partial charge in [0, 0.05) is 45.8 Å². The van der Waals surface area contributed by atoms with Crippen LogP contribution in [0, 0.1) is 0 Å². The Morgan fingerprint density at radius 1 is 1.17 bits per heavy atom. The minimum atomic E-state index is 0.111. The lowest BCUT2D eigenvalue weighted by atomic mass is 10.1. The Morgan fingerprint density at radius 2 is 2.00 bits per heavy atom. The lowest BCUT2D eigenvalue weighted by Crippen LogP contribution is -2.38. The van der Waals surface area contributed by atoms with Crippen LogP contribution in [0.3, 0.4) is 0 Å². The van der Waals surface area contributed by atoms with Gasteiger partial charge in [-0.15, -0.1) is 0 Å². The molecule has 1 amide bonds. The van der Waals surface area contributed by atoms with Gasteiger partial charge < -0.3 is 20.3 Å². The molecule has 2 N–H and O–H groups in total. The average molecular weight is 403 g/mol. The molecule has 0 radical (unpaired) electrons. The van der Waals surface area contributed by atoms with Gasteiger partial charge in [-0.3, -0.25) is 9.79 Å². The average Bonchev–Trinajstić information content (AvgIpc) is 2.95. The number of aliphatic imine (C=N–C) groups is 1. The first-order valence-electron chi connectivity index (χ1n) is 11.2. The summed E-state index contributed by atoms with van der Waals surface area (Å²) in [6.07, 6.45) is 5.98. The van der Waals surface area contributed by atoms with Gasteiger partial charge in [0.15, 0.2) is 5.96 Å². The topological polar surface area (TPSA) is 66.0 Å². The Kier molecular flexibility index (Phi) is 11.2. The van der Waals surface area contributed by atoms with E-state index < -0.39 is 0 Å². The number of amides is 1. The van der Waals surface area contributed by atoms with Gasteiger partial charge in [-0.05, 0) is 45.1 Å². The summed E-state index contributed by atoms with van der Waals surface area (Å²) in [6, 6.07) is 10.3. The third kappa shape index (κ3) is 9.31. The van der Waals surface area contributed by atoms with E-state index in [1.54, 1.807) is 0 Å². The Balaban J connectivity index is 1.62. The van der Waals surface area contributed by atoms with Crippen LogP contribution in [0.1, 0.15) is 64.0 Å². The largest absolute Gasteiger partial charge is 0.374 e. The molecule has 1 aromatic carbocycles. The second-order valence-electron chi connectivity index (χ2n) is 7.51. The van der Waals surface area contributed by atoms with E-state index in [1.807, 2.05) is 23.1 Å². The summed E-state index contributed by atoms with van der Waals surface area (Å²) in [5, 5.41) is 6.65. The predicted octanol–water partition coefficient (Wildman–Crippen LogP) is 3.50. The highest BCUT2D eigenvalue weighted by Crippen LogP contribution is 2.15. The van der Waals surface area contributed by atoms with Crippen molar-refractivity contribution in [3.63, 3.8) is 0 Å². The molecule has 1 aromatic rings. The zero-order chi connectivity index (χ0) is 20.7. The summed E-state index contributed by atoms with van der Waals surface area (Å²) in [6.45, 7) is 8.95. The standard InChI is InChI=1S/C23H38N4O2/c1-3-24-23(25-15-10-18-27-17-9-5-8-14-22(27)28)26-16-11-19-29-20(2)21-12-6-4-7-13-21/h4,6-7,12-13,20H,3,5,8-11,14-19H2,1-2H3,(H2,24,25,26). The molecular weight excluding hydrogens is 364 g/mol. The molecule has 0 aliphatic carbocycles. The molecule has 162 valence electrons. The van der Waals surface area contributed by atoms with Gasteiger partial charge in [-0.2, -0.15) is 0 Å². The van der Waals surface area contributed by atoms with Crippen LogP contribution in [0.5, 0.6) is 0 Å². The summed E-state index contributed by atoms with van der Waals surface area (Å²) in [4.78, 5) is 18.7. The van der Waals surface area contributed by atoms with Gasteiger partial charge in [0.25, 0.3) is 0 Å². The molecule has 0 spiro atoms. The van der Waals surface area contributed by atoms with Crippen LogP contribution in [-0.2, 0) is 9.53 Å². The smallest absolute Gasteiger partial charge is 0.222 e. The van der Waals surface area contributed by atoms with E-state index in [9.17, 15) is 4.79 Å². The summed E-state index contributed by atoms with van der Waals surface area (Å²) in [5.74, 6) is 1.15. The minimum absolute atomic E-state index is 0.111. The van der Waals surface area contributed by atoms with Crippen molar-refractivity contribution in [1.82, 2.24) is 15.5 Å². The van der Waals surface area contributed by atoms with E-state index in [2.05, 4.69) is 41.6 Å². The van der Waals surface area contributed by atoms with Crippen LogP contribution in [-0.4, -0.2) is 56.1 Å². The first kappa shape index (κ1) is 23.2. The fourth-order valence-corrected chi connectivity index (χ4v) is 3.43. The highest BCUT2D eigenvalue weighted by molar-refractivity contribution is 5.79. The molecule has 0 aromatic heterocycles. The minimum Gasteiger partial charge on any atom is -0.374 e. The van der Waals surface area contributed by atoms with Crippen molar-refractivity contribution in [1.29, 1.82) is 0 Å². The van der Waals surface area contributed by atoms with Crippen molar-refractivity contribution in [3.05, 3.63) is 35.9 Å². The maximum atomic E-state index is 12.0. The van der Waals surface area contributed by atoms with Crippen LogP contribution >= 0.6 is 0 Å². The van der Waals surface area contributed by atoms with E-state index in [-0.39, 0.29) is 6.10 Å². The number of likely N-dealkylation sites (tertiary alicyclic amines) is 1. The highest BCUT2D eigenvalue weighted by Gasteiger charge is 2.15. The van der Waals surface area contributed by atoms with Crippen molar-refractivity contribution in [2.75, 3.05) is 39.3 Å². The third-order valence-corrected chi connectivity index (χ3v) is 5.12. The third-order valence-electron chi connectivity index (χ3n) is 5.12. The van der Waals surface area contributed by atoms with Crippen molar-refractivity contribution >= 4 is 11.9 Å². The monoisotopic (exact) mass is 402 g/mol. The van der Waals surface area contributed by atoms with E-state index in [0.717, 1.165) is 64.4 Å². The molecule has 1 fully saturated rings. The van der Waals surface area contributed by atoms with Crippen molar-refractivity contribution < 1.29 is 9.53 Å². The Bertz CT molecular complexity index is 606. The second-order valence-corrected chi connectivity index (χ2v) is 7.51. The van der Waals surface area contributed by atoms with E-state index >= 15 is 0 Å². The molecule has 1 unspecified atom stereocenters. The number of carbonyl (C=O) groups is 1. The number of hydrogen-bond donors (Lipinski definition) is 2. The van der Waals surface area contributed by atoms with E-state index in [0.29, 0.717) is 18.9 Å². The number of benzene rings is 1. The van der Waals surface area contributed by atoms with Crippen molar-refractivity contribution in [2.24, 2.45) is 4.99 Å². The zero-order valence-corrected chi connectivity index (χ0v) is 18.2. The van der Waals surface area contributed by atoms with Crippen molar-refractivity contribution in [2.45, 2.75) is 58.5 Å². The molecule has 1 aliphatic heterocycles. The molecular formula is C23H38N4O2. The molecule has 1 heterocycles. The maximum Gasteiger partial charge on any atom is 0.222 e. The lowest BCUT2D eigenvalue weighted by molar-refractivity contribution is -0.130. The Hall–Kier alpha value is -2.08. The first-order chi connectivity index (χ1) is 14.2. The summed E-state index contributed by atoms with van der Waals surface area (Å²) in [5.41, 5.74) is 1.21. The normalized spacial score (nSPS) is 16.4. The quantitative estimate of drug-likeness (QED) is 0.338. The van der Waals surface area contributed by atoms with Gasteiger partial charge in [0.1, 0.15) is 0 Å². The summed E-state index contributed by atoms with van der Waals surface area (Å²) < 4.78 is 5.92. The van der Waals surface area contributed by atoms with E-state index in [1.165, 1.54) is 12.0 Å². The van der Waals surface area contributed by atoms with Gasteiger partial charge in [-0.1, -0.05) is 36.8 Å². The predicted molar refractivity (Wildman–Crippen MR) is 119 cm³/mol. The van der Waals surface area contributed by atoms with Crippen LogP contribution in [0.25, 0.3) is 0 Å². The Labute approximate surface area is 176 Å². The molecule has 1 aliphatic rings. The molecule has 6 heteroatoms. The lowest BCUT2D eigenvalue weighted by Gasteiger charge is -2.20. The van der Waals surface area contributed by atoms with Crippen LogP contribution < -0.4 is 10.6 Å². The number of hydrogen-bond acceptors (Lipinski definition) is 3. The van der Waals surface area contributed by atoms with Gasteiger partial charge in [0.2, 0.25) is 5.91 Å². The number of rotatable bonds is 11. The summed E-state index contributed by atoms with van der Waals surface area (Å²) >= 11 is 0. The molecule has 29 heavy (non-hydrogen) atoms. The van der Waals surface area contributed by atoms with Crippen LogP contribution in [0.4, 0.5) is 0 Å². The van der Waals surface area contributed by atoms with Gasteiger partial charge in [-0.25, -0.2) is 0 Å². The number of guanidine groups is 1. The van der Waals surface area contributed by atoms with Crippen LogP contribution in [0.2, 0.25) is 0 Å². The fourth-order valence-electron chi connectivity index (χ4n) is 3.43. The fraction of sp³-hybridized carbons (Fsp3) is 0.652. The van der Waals surface area contributed by atoms with Crippen LogP contribution in [0.15, 0.2) is 35.3 Å². The van der Waals surface area contributed by atoms with Gasteiger partial charge >= 0.3 is 0 Å². The number of nitrogens with zero attached hydrogens (tertiary/aromatic N) is 2. The molecule has 1 saturated heterocycles. The zero-order valence-electron chi connectivity index (χ0n) is 18.2. The molecule has 2 rings (SSSR count).